The van der Waals surface area contributed by atoms with E-state index in [1.807, 2.05) is 6.07 Å². The highest BCUT2D eigenvalue weighted by atomic mass is 127. The van der Waals surface area contributed by atoms with Crippen LogP contribution in [-0.4, -0.2) is 50.8 Å². The lowest BCUT2D eigenvalue weighted by Crippen LogP contribution is -2.46. The van der Waals surface area contributed by atoms with Crippen LogP contribution in [0.3, 0.4) is 0 Å². The van der Waals surface area contributed by atoms with Gasteiger partial charge in [0.2, 0.25) is 0 Å². The highest BCUT2D eigenvalue weighted by molar-refractivity contribution is 14.0. The van der Waals surface area contributed by atoms with Gasteiger partial charge >= 0.3 is 0 Å². The van der Waals surface area contributed by atoms with Crippen LogP contribution >= 0.6 is 35.3 Å². The molecule has 5 nitrogen and oxygen atoms in total. The average Bonchev–Trinajstić information content (AvgIpc) is 3.10. The predicted molar refractivity (Wildman–Crippen MR) is 124 cm³/mol. The summed E-state index contributed by atoms with van der Waals surface area (Å²) in [4.78, 5) is 9.22. The van der Waals surface area contributed by atoms with Gasteiger partial charge in [0.05, 0.1) is 25.8 Å². The van der Waals surface area contributed by atoms with E-state index in [-0.39, 0.29) is 35.8 Å². The Labute approximate surface area is 187 Å². The van der Waals surface area contributed by atoms with Crippen LogP contribution in [0.15, 0.2) is 41.4 Å². The van der Waals surface area contributed by atoms with E-state index >= 15 is 0 Å². The molecule has 0 spiro atoms. The molecule has 1 fully saturated rings. The Kier molecular flexibility index (Phi) is 9.63. The number of nitrogens with one attached hydrogen (secondary N) is 2. The van der Waals surface area contributed by atoms with E-state index in [9.17, 15) is 4.39 Å². The van der Waals surface area contributed by atoms with Crippen molar-refractivity contribution in [1.29, 1.82) is 0 Å². The maximum absolute atomic E-state index is 13.8. The minimum atomic E-state index is -0.207. The molecule has 0 saturated carbocycles. The summed E-state index contributed by atoms with van der Waals surface area (Å²) in [5.74, 6) is 0.539. The molecule has 3 rings (SSSR count). The molecule has 2 heterocycles. The van der Waals surface area contributed by atoms with Gasteiger partial charge in [-0.2, -0.15) is 0 Å². The molecule has 1 unspecified atom stereocenters. The quantitative estimate of drug-likeness (QED) is 0.349. The molecule has 1 aromatic carbocycles. The van der Waals surface area contributed by atoms with Crippen molar-refractivity contribution in [3.05, 3.63) is 57.5 Å². The van der Waals surface area contributed by atoms with Crippen LogP contribution in [0.4, 0.5) is 4.39 Å². The Morgan fingerprint density at radius 3 is 2.68 bits per heavy atom. The molecule has 1 aromatic heterocycles. The van der Waals surface area contributed by atoms with Gasteiger partial charge in [-0.3, -0.25) is 9.89 Å². The summed E-state index contributed by atoms with van der Waals surface area (Å²) in [7, 11) is 1.76. The number of benzene rings is 1. The van der Waals surface area contributed by atoms with Crippen molar-refractivity contribution in [3.63, 3.8) is 0 Å². The van der Waals surface area contributed by atoms with E-state index in [1.165, 1.54) is 15.8 Å². The number of morpholine rings is 1. The number of aryl methyl sites for hydroxylation is 1. The van der Waals surface area contributed by atoms with Gasteiger partial charge in [-0.05, 0) is 36.8 Å². The minimum Gasteiger partial charge on any atom is -0.379 e. The van der Waals surface area contributed by atoms with Gasteiger partial charge in [-0.1, -0.05) is 12.1 Å². The number of hydrogen-bond acceptors (Lipinski definition) is 4. The number of aliphatic imine (C=N–C) groups is 1. The zero-order valence-corrected chi connectivity index (χ0v) is 19.4. The zero-order valence-electron chi connectivity index (χ0n) is 16.3. The summed E-state index contributed by atoms with van der Waals surface area (Å²) in [5.41, 5.74) is 0.966. The molecule has 8 heteroatoms. The molecule has 1 aliphatic heterocycles. The van der Waals surface area contributed by atoms with Gasteiger partial charge in [0.25, 0.3) is 0 Å². The lowest BCUT2D eigenvalue weighted by atomic mass is 10.0. The second-order valence-electron chi connectivity index (χ2n) is 6.54. The van der Waals surface area contributed by atoms with E-state index in [2.05, 4.69) is 39.6 Å². The smallest absolute Gasteiger partial charge is 0.191 e. The SMILES string of the molecule is CN=C(NCc1ccc(C)s1)NCC(c1cccc(F)c1)N1CCOCC1.I. The van der Waals surface area contributed by atoms with E-state index in [0.29, 0.717) is 19.8 Å². The van der Waals surface area contributed by atoms with Gasteiger partial charge in [-0.25, -0.2) is 4.39 Å². The van der Waals surface area contributed by atoms with Crippen LogP contribution in [-0.2, 0) is 11.3 Å². The highest BCUT2D eigenvalue weighted by Gasteiger charge is 2.23. The first-order valence-electron chi connectivity index (χ1n) is 9.23. The first-order chi connectivity index (χ1) is 13.2. The van der Waals surface area contributed by atoms with Crippen LogP contribution in [0.1, 0.15) is 21.4 Å². The maximum atomic E-state index is 13.8. The summed E-state index contributed by atoms with van der Waals surface area (Å²) in [5, 5.41) is 6.75. The van der Waals surface area contributed by atoms with Crippen LogP contribution in [0.25, 0.3) is 0 Å². The summed E-state index contributed by atoms with van der Waals surface area (Å²) in [6.07, 6.45) is 0. The Bertz CT molecular complexity index is 764. The molecule has 0 radical (unpaired) electrons. The summed E-state index contributed by atoms with van der Waals surface area (Å²) >= 11 is 1.78. The summed E-state index contributed by atoms with van der Waals surface area (Å²) in [6.45, 7) is 6.57. The van der Waals surface area contributed by atoms with E-state index in [4.69, 9.17) is 4.74 Å². The second kappa shape index (κ2) is 11.7. The van der Waals surface area contributed by atoms with Gasteiger partial charge in [0.15, 0.2) is 5.96 Å². The van der Waals surface area contributed by atoms with Crippen molar-refractivity contribution in [3.8, 4) is 0 Å². The van der Waals surface area contributed by atoms with Crippen molar-refractivity contribution in [1.82, 2.24) is 15.5 Å². The lowest BCUT2D eigenvalue weighted by molar-refractivity contribution is 0.0169. The van der Waals surface area contributed by atoms with Gasteiger partial charge in [0.1, 0.15) is 5.82 Å². The van der Waals surface area contributed by atoms with Gasteiger partial charge in [-0.15, -0.1) is 35.3 Å². The van der Waals surface area contributed by atoms with Crippen molar-refractivity contribution in [2.75, 3.05) is 39.9 Å². The fraction of sp³-hybridized carbons (Fsp3) is 0.450. The first kappa shape index (κ1) is 23.1. The zero-order chi connectivity index (χ0) is 19.1. The van der Waals surface area contributed by atoms with Crippen LogP contribution in [0.2, 0.25) is 0 Å². The topological polar surface area (TPSA) is 48.9 Å². The van der Waals surface area contributed by atoms with Gasteiger partial charge < -0.3 is 15.4 Å². The normalized spacial score (nSPS) is 16.3. The molecule has 0 aliphatic carbocycles. The molecule has 2 aromatic rings. The van der Waals surface area contributed by atoms with Crippen LogP contribution in [0.5, 0.6) is 0 Å². The number of halogens is 2. The molecular weight excluding hydrogens is 490 g/mol. The summed E-state index contributed by atoms with van der Waals surface area (Å²) in [6, 6.07) is 11.2. The Morgan fingerprint density at radius 1 is 1.25 bits per heavy atom. The number of rotatable bonds is 6. The average molecular weight is 518 g/mol. The molecule has 0 bridgehead atoms. The molecule has 154 valence electrons. The third-order valence-electron chi connectivity index (χ3n) is 4.63. The molecule has 1 atom stereocenters. The third-order valence-corrected chi connectivity index (χ3v) is 5.63. The van der Waals surface area contributed by atoms with E-state index in [1.54, 1.807) is 30.5 Å². The number of nitrogens with zero attached hydrogens (tertiary/aromatic N) is 2. The number of hydrogen-bond donors (Lipinski definition) is 2. The number of thiophene rings is 1. The molecule has 1 saturated heterocycles. The predicted octanol–water partition coefficient (Wildman–Crippen LogP) is 3.55. The lowest BCUT2D eigenvalue weighted by Gasteiger charge is -2.35. The first-order valence-corrected chi connectivity index (χ1v) is 10.0. The second-order valence-corrected chi connectivity index (χ2v) is 7.91. The van der Waals surface area contributed by atoms with Gasteiger partial charge in [0, 0.05) is 36.4 Å². The fourth-order valence-corrected chi connectivity index (χ4v) is 4.06. The molecule has 28 heavy (non-hydrogen) atoms. The Morgan fingerprint density at radius 2 is 2.04 bits per heavy atom. The fourth-order valence-electron chi connectivity index (χ4n) is 3.23. The molecule has 1 aliphatic rings. The summed E-state index contributed by atoms with van der Waals surface area (Å²) < 4.78 is 19.2. The Hall–Kier alpha value is -1.23. The monoisotopic (exact) mass is 518 g/mol. The molecule has 2 N–H and O–H groups in total. The maximum Gasteiger partial charge on any atom is 0.191 e. The Balaban J connectivity index is 0.00000280. The minimum absolute atomic E-state index is 0. The van der Waals surface area contributed by atoms with Crippen LogP contribution < -0.4 is 10.6 Å². The number of guanidine groups is 1. The van der Waals surface area contributed by atoms with Crippen molar-refractivity contribution in [2.24, 2.45) is 4.99 Å². The van der Waals surface area contributed by atoms with Crippen molar-refractivity contribution in [2.45, 2.75) is 19.5 Å². The van der Waals surface area contributed by atoms with E-state index in [0.717, 1.165) is 31.2 Å². The van der Waals surface area contributed by atoms with Crippen molar-refractivity contribution >= 4 is 41.3 Å². The standard InChI is InChI=1S/C20H27FN4OS.HI/c1-15-6-7-18(27-15)13-23-20(22-2)24-14-19(25-8-10-26-11-9-25)16-4-3-5-17(21)12-16;/h3-7,12,19H,8-11,13-14H2,1-2H3,(H2,22,23,24);1H. The van der Waals surface area contributed by atoms with Crippen molar-refractivity contribution < 1.29 is 9.13 Å². The van der Waals surface area contributed by atoms with E-state index < -0.39 is 0 Å². The molecule has 0 amide bonds. The third kappa shape index (κ3) is 6.68. The molecular formula is C20H28FIN4OS. The largest absolute Gasteiger partial charge is 0.379 e. The number of ether oxygens (including phenoxy) is 1. The van der Waals surface area contributed by atoms with Crippen LogP contribution in [0, 0.1) is 12.7 Å². The highest BCUT2D eigenvalue weighted by Crippen LogP contribution is 2.22.